The van der Waals surface area contributed by atoms with E-state index in [0.717, 1.165) is 11.3 Å². The van der Waals surface area contributed by atoms with Crippen LogP contribution in [0.2, 0.25) is 0 Å². The molecule has 0 saturated heterocycles. The van der Waals surface area contributed by atoms with Crippen molar-refractivity contribution in [1.29, 1.82) is 0 Å². The van der Waals surface area contributed by atoms with Crippen LogP contribution in [0.25, 0.3) is 5.78 Å². The molecule has 0 N–H and O–H groups in total. The van der Waals surface area contributed by atoms with Gasteiger partial charge in [0.1, 0.15) is 5.75 Å². The van der Waals surface area contributed by atoms with Gasteiger partial charge in [-0.15, -0.1) is 5.10 Å². The highest BCUT2D eigenvalue weighted by molar-refractivity contribution is 7.99. The molecule has 0 spiro atoms. The van der Waals surface area contributed by atoms with E-state index in [9.17, 15) is 4.79 Å². The predicted octanol–water partition coefficient (Wildman–Crippen LogP) is 1.88. The molecule has 1 amide bonds. The molecular formula is C16H17N5O2S. The Morgan fingerprint density at radius 1 is 1.38 bits per heavy atom. The van der Waals surface area contributed by atoms with Crippen molar-refractivity contribution in [3.63, 3.8) is 0 Å². The zero-order valence-electron chi connectivity index (χ0n) is 13.4. The van der Waals surface area contributed by atoms with Crippen molar-refractivity contribution in [2.75, 3.05) is 19.9 Å². The maximum Gasteiger partial charge on any atom is 0.253 e. The highest BCUT2D eigenvalue weighted by atomic mass is 32.2. The Hall–Kier alpha value is -2.61. The number of hydrogen-bond acceptors (Lipinski definition) is 6. The number of fused-ring (bicyclic) bond motifs is 1. The van der Waals surface area contributed by atoms with Crippen LogP contribution in [0.15, 0.2) is 47.9 Å². The van der Waals surface area contributed by atoms with Crippen LogP contribution < -0.4 is 4.74 Å². The van der Waals surface area contributed by atoms with E-state index in [2.05, 4.69) is 15.1 Å². The van der Waals surface area contributed by atoms with Gasteiger partial charge in [-0.25, -0.2) is 9.50 Å². The van der Waals surface area contributed by atoms with Gasteiger partial charge in [-0.2, -0.15) is 4.98 Å². The van der Waals surface area contributed by atoms with Gasteiger partial charge < -0.3 is 9.64 Å². The molecule has 0 aliphatic heterocycles. The molecule has 7 nitrogen and oxygen atoms in total. The first-order chi connectivity index (χ1) is 11.7. The second-order valence-electron chi connectivity index (χ2n) is 5.15. The largest absolute Gasteiger partial charge is 0.497 e. The molecule has 1 aromatic carbocycles. The average Bonchev–Trinajstić information content (AvgIpc) is 3.02. The van der Waals surface area contributed by atoms with E-state index in [-0.39, 0.29) is 11.7 Å². The second kappa shape index (κ2) is 7.31. The molecule has 3 aromatic rings. The summed E-state index contributed by atoms with van der Waals surface area (Å²) in [6, 6.07) is 9.46. The van der Waals surface area contributed by atoms with Gasteiger partial charge >= 0.3 is 0 Å². The molecule has 2 heterocycles. The fourth-order valence-corrected chi connectivity index (χ4v) is 2.91. The summed E-state index contributed by atoms with van der Waals surface area (Å²) in [5, 5.41) is 4.81. The first-order valence-corrected chi connectivity index (χ1v) is 8.31. The van der Waals surface area contributed by atoms with Gasteiger partial charge in [0.2, 0.25) is 11.1 Å². The van der Waals surface area contributed by atoms with Crippen LogP contribution in [0, 0.1) is 0 Å². The molecule has 2 aromatic heterocycles. The number of benzene rings is 1. The van der Waals surface area contributed by atoms with Crippen molar-refractivity contribution in [2.45, 2.75) is 11.7 Å². The van der Waals surface area contributed by atoms with Gasteiger partial charge in [0, 0.05) is 26.0 Å². The van der Waals surface area contributed by atoms with E-state index < -0.39 is 0 Å². The zero-order chi connectivity index (χ0) is 16.9. The molecule has 8 heteroatoms. The average molecular weight is 343 g/mol. The maximum absolute atomic E-state index is 12.3. The smallest absolute Gasteiger partial charge is 0.253 e. The number of thioether (sulfide) groups is 1. The third-order valence-corrected chi connectivity index (χ3v) is 4.22. The van der Waals surface area contributed by atoms with Crippen molar-refractivity contribution < 1.29 is 9.53 Å². The standard InChI is InChI=1S/C16H17N5O2S/c1-20(10-12-5-3-6-13(9-12)23-2)14(22)11-24-16-18-15-17-7-4-8-21(15)19-16/h3-9H,10-11H2,1-2H3. The van der Waals surface area contributed by atoms with E-state index in [1.807, 2.05) is 24.3 Å². The number of carbonyl (C=O) groups is 1. The Bertz CT molecular complexity index is 818. The monoisotopic (exact) mass is 343 g/mol. The zero-order valence-corrected chi connectivity index (χ0v) is 14.2. The lowest BCUT2D eigenvalue weighted by Crippen LogP contribution is -2.27. The normalized spacial score (nSPS) is 10.8. The number of nitrogens with zero attached hydrogens (tertiary/aromatic N) is 5. The molecule has 0 aliphatic carbocycles. The molecule has 3 rings (SSSR count). The summed E-state index contributed by atoms with van der Waals surface area (Å²) in [5.74, 6) is 1.59. The van der Waals surface area contributed by atoms with Crippen LogP contribution in [0.1, 0.15) is 5.56 Å². The maximum atomic E-state index is 12.3. The van der Waals surface area contributed by atoms with E-state index in [0.29, 0.717) is 17.5 Å². The SMILES string of the molecule is COc1cccc(CN(C)C(=O)CSc2nc3ncccn3n2)c1. The molecule has 0 saturated carbocycles. The van der Waals surface area contributed by atoms with Crippen molar-refractivity contribution in [2.24, 2.45) is 0 Å². The van der Waals surface area contributed by atoms with Crippen molar-refractivity contribution >= 4 is 23.4 Å². The van der Waals surface area contributed by atoms with Gasteiger partial charge in [0.05, 0.1) is 12.9 Å². The molecule has 124 valence electrons. The molecule has 24 heavy (non-hydrogen) atoms. The highest BCUT2D eigenvalue weighted by Crippen LogP contribution is 2.16. The lowest BCUT2D eigenvalue weighted by Gasteiger charge is -2.17. The van der Waals surface area contributed by atoms with Gasteiger partial charge in [-0.05, 0) is 23.8 Å². The fourth-order valence-electron chi connectivity index (χ4n) is 2.14. The summed E-state index contributed by atoms with van der Waals surface area (Å²) in [7, 11) is 3.41. The minimum Gasteiger partial charge on any atom is -0.497 e. The number of aromatic nitrogens is 4. The van der Waals surface area contributed by atoms with Gasteiger partial charge in [0.15, 0.2) is 0 Å². The Morgan fingerprint density at radius 2 is 2.25 bits per heavy atom. The topological polar surface area (TPSA) is 72.6 Å². The van der Waals surface area contributed by atoms with Gasteiger partial charge in [-0.1, -0.05) is 23.9 Å². The molecule has 0 fully saturated rings. The summed E-state index contributed by atoms with van der Waals surface area (Å²) in [5.41, 5.74) is 1.02. The van der Waals surface area contributed by atoms with Gasteiger partial charge in [0.25, 0.3) is 5.78 Å². The molecular weight excluding hydrogens is 326 g/mol. The first-order valence-electron chi connectivity index (χ1n) is 7.33. The van der Waals surface area contributed by atoms with E-state index in [1.54, 1.807) is 42.0 Å². The second-order valence-corrected chi connectivity index (χ2v) is 6.09. The van der Waals surface area contributed by atoms with Gasteiger partial charge in [-0.3, -0.25) is 4.79 Å². The quantitative estimate of drug-likeness (QED) is 0.637. The van der Waals surface area contributed by atoms with E-state index in [1.165, 1.54) is 11.8 Å². The summed E-state index contributed by atoms with van der Waals surface area (Å²) in [4.78, 5) is 22.3. The van der Waals surface area contributed by atoms with Crippen LogP contribution in [0.4, 0.5) is 0 Å². The van der Waals surface area contributed by atoms with Crippen LogP contribution in [-0.2, 0) is 11.3 Å². The summed E-state index contributed by atoms with van der Waals surface area (Å²) in [6.07, 6.45) is 3.43. The lowest BCUT2D eigenvalue weighted by atomic mass is 10.2. The fraction of sp³-hybridized carbons (Fsp3) is 0.250. The minimum absolute atomic E-state index is 0.00892. The van der Waals surface area contributed by atoms with Crippen LogP contribution in [-0.4, -0.2) is 50.3 Å². The Morgan fingerprint density at radius 3 is 3.04 bits per heavy atom. The number of methoxy groups -OCH3 is 1. The number of ether oxygens (including phenoxy) is 1. The van der Waals surface area contributed by atoms with Crippen LogP contribution in [0.3, 0.4) is 0 Å². The lowest BCUT2D eigenvalue weighted by molar-refractivity contribution is -0.127. The third-order valence-electron chi connectivity index (χ3n) is 3.40. The minimum atomic E-state index is 0.00892. The third kappa shape index (κ3) is 3.83. The number of amides is 1. The summed E-state index contributed by atoms with van der Waals surface area (Å²) < 4.78 is 6.79. The molecule has 0 unspecified atom stereocenters. The van der Waals surface area contributed by atoms with Crippen molar-refractivity contribution in [3.8, 4) is 5.75 Å². The highest BCUT2D eigenvalue weighted by Gasteiger charge is 2.13. The predicted molar refractivity (Wildman–Crippen MR) is 91.0 cm³/mol. The van der Waals surface area contributed by atoms with E-state index >= 15 is 0 Å². The molecule has 0 aliphatic rings. The molecule has 0 radical (unpaired) electrons. The van der Waals surface area contributed by atoms with Crippen LogP contribution in [0.5, 0.6) is 5.75 Å². The van der Waals surface area contributed by atoms with E-state index in [4.69, 9.17) is 4.74 Å². The van der Waals surface area contributed by atoms with Crippen LogP contribution >= 0.6 is 11.8 Å². The van der Waals surface area contributed by atoms with Crippen molar-refractivity contribution in [3.05, 3.63) is 48.3 Å². The Balaban J connectivity index is 1.57. The summed E-state index contributed by atoms with van der Waals surface area (Å²) in [6.45, 7) is 0.525. The molecule has 0 atom stereocenters. The Kier molecular flexibility index (Phi) is 4.95. The number of rotatable bonds is 6. The Labute approximate surface area is 143 Å². The number of carbonyl (C=O) groups excluding carboxylic acids is 1. The number of hydrogen-bond donors (Lipinski definition) is 0. The van der Waals surface area contributed by atoms with Crippen molar-refractivity contribution in [1.82, 2.24) is 24.5 Å². The molecule has 0 bridgehead atoms. The first kappa shape index (κ1) is 16.3. The summed E-state index contributed by atoms with van der Waals surface area (Å²) >= 11 is 1.30.